The van der Waals surface area contributed by atoms with E-state index >= 15 is 0 Å². The van der Waals surface area contributed by atoms with E-state index in [-0.39, 0.29) is 18.0 Å². The van der Waals surface area contributed by atoms with Gasteiger partial charge in [0, 0.05) is 17.7 Å². The molecule has 6 atom stereocenters. The number of aliphatic hydroxyl groups is 2. The Labute approximate surface area is 160 Å². The normalized spacial score (nSPS) is 32.4. The van der Waals surface area contributed by atoms with Crippen molar-refractivity contribution >= 4 is 5.69 Å². The Morgan fingerprint density at radius 2 is 1.71 bits per heavy atom. The van der Waals surface area contributed by atoms with Crippen LogP contribution in [-0.4, -0.2) is 52.4 Å². The van der Waals surface area contributed by atoms with E-state index in [1.165, 1.54) is 24.3 Å². The molecule has 28 heavy (non-hydrogen) atoms. The third-order valence-corrected chi connectivity index (χ3v) is 4.70. The summed E-state index contributed by atoms with van der Waals surface area (Å²) in [5.74, 6) is 0.264. The van der Waals surface area contributed by atoms with Gasteiger partial charge in [0.1, 0.15) is 30.2 Å². The van der Waals surface area contributed by atoms with Crippen LogP contribution in [0, 0.1) is 10.1 Å². The van der Waals surface area contributed by atoms with Crippen LogP contribution in [0.25, 0.3) is 0 Å². The summed E-state index contributed by atoms with van der Waals surface area (Å²) in [5, 5.41) is 31.7. The number of nitrogens with zero attached hydrogens (tertiary/aromatic N) is 1. The number of non-ortho nitro benzene ring substituents is 1. The number of hydrogen-bond donors (Lipinski definition) is 2. The van der Waals surface area contributed by atoms with Gasteiger partial charge in [-0.1, -0.05) is 30.3 Å². The molecule has 9 heteroatoms. The quantitative estimate of drug-likeness (QED) is 0.597. The number of hydrogen-bond acceptors (Lipinski definition) is 8. The molecular formula is C19H19NO8. The second kappa shape index (κ2) is 7.82. The van der Waals surface area contributed by atoms with Gasteiger partial charge in [0.25, 0.3) is 5.69 Å². The zero-order valence-corrected chi connectivity index (χ0v) is 14.7. The molecule has 0 radical (unpaired) electrons. The Morgan fingerprint density at radius 1 is 1.00 bits per heavy atom. The van der Waals surface area contributed by atoms with E-state index in [1.54, 1.807) is 0 Å². The standard InChI is InChI=1S/C19H19NO8/c21-15-16(22)19(26-13-8-6-12(7-9-13)20(23)24)27-14-10-25-18(28-17(14)15)11-4-2-1-3-5-11/h1-9,14-19,21-22H,10H2/t14-,15+,16-,17-,18-,19-/m1/s1. The summed E-state index contributed by atoms with van der Waals surface area (Å²) in [6.45, 7) is 0.147. The lowest BCUT2D eigenvalue weighted by atomic mass is 9.98. The molecule has 148 valence electrons. The summed E-state index contributed by atoms with van der Waals surface area (Å²) < 4.78 is 22.8. The Kier molecular flexibility index (Phi) is 5.25. The van der Waals surface area contributed by atoms with Crippen LogP contribution < -0.4 is 4.74 Å². The van der Waals surface area contributed by atoms with Crippen LogP contribution in [0.2, 0.25) is 0 Å². The molecule has 0 aromatic heterocycles. The van der Waals surface area contributed by atoms with Crippen LogP contribution in [0.5, 0.6) is 5.75 Å². The van der Waals surface area contributed by atoms with Crippen molar-refractivity contribution < 1.29 is 34.1 Å². The first-order valence-electron chi connectivity index (χ1n) is 8.77. The predicted molar refractivity (Wildman–Crippen MR) is 94.4 cm³/mol. The van der Waals surface area contributed by atoms with Gasteiger partial charge in [0.05, 0.1) is 11.5 Å². The van der Waals surface area contributed by atoms with Gasteiger partial charge in [-0.25, -0.2) is 0 Å². The fourth-order valence-electron chi connectivity index (χ4n) is 3.23. The Balaban J connectivity index is 1.43. The zero-order chi connectivity index (χ0) is 19.7. The smallest absolute Gasteiger partial charge is 0.269 e. The molecule has 2 saturated heterocycles. The number of nitro groups is 1. The summed E-state index contributed by atoms with van der Waals surface area (Å²) in [6, 6.07) is 14.6. The topological polar surface area (TPSA) is 121 Å². The molecule has 0 unspecified atom stereocenters. The monoisotopic (exact) mass is 389 g/mol. The number of nitro benzene ring substituents is 1. The molecule has 0 spiro atoms. The number of fused-ring (bicyclic) bond motifs is 1. The van der Waals surface area contributed by atoms with E-state index in [1.807, 2.05) is 30.3 Å². The van der Waals surface area contributed by atoms with Crippen molar-refractivity contribution in [3.63, 3.8) is 0 Å². The molecule has 9 nitrogen and oxygen atoms in total. The van der Waals surface area contributed by atoms with Gasteiger partial charge in [-0.15, -0.1) is 0 Å². The summed E-state index contributed by atoms with van der Waals surface area (Å²) in [7, 11) is 0. The number of ether oxygens (including phenoxy) is 4. The minimum atomic E-state index is -1.37. The fraction of sp³-hybridized carbons (Fsp3) is 0.368. The van der Waals surface area contributed by atoms with Gasteiger partial charge >= 0.3 is 0 Å². The maximum Gasteiger partial charge on any atom is 0.269 e. The van der Waals surface area contributed by atoms with Crippen molar-refractivity contribution in [2.75, 3.05) is 6.61 Å². The maximum absolute atomic E-state index is 10.7. The van der Waals surface area contributed by atoms with Crippen LogP contribution in [0.4, 0.5) is 5.69 Å². The first-order valence-corrected chi connectivity index (χ1v) is 8.77. The fourth-order valence-corrected chi connectivity index (χ4v) is 3.23. The predicted octanol–water partition coefficient (Wildman–Crippen LogP) is 1.53. The molecule has 2 aromatic rings. The molecule has 4 rings (SSSR count). The van der Waals surface area contributed by atoms with Crippen LogP contribution in [0.3, 0.4) is 0 Å². The summed E-state index contributed by atoms with van der Waals surface area (Å²) >= 11 is 0. The maximum atomic E-state index is 10.7. The summed E-state index contributed by atoms with van der Waals surface area (Å²) in [6.07, 6.45) is -5.88. The third-order valence-electron chi connectivity index (χ3n) is 4.70. The first kappa shape index (κ1) is 18.8. The highest BCUT2D eigenvalue weighted by molar-refractivity contribution is 5.36. The van der Waals surface area contributed by atoms with Crippen molar-refractivity contribution in [2.24, 2.45) is 0 Å². The SMILES string of the molecule is O=[N+]([O-])c1ccc(O[C@@H]2O[C@@H]3CO[C@@H](c4ccccc4)O[C@H]3[C@@H](O)[C@H]2O)cc1. The van der Waals surface area contributed by atoms with Crippen molar-refractivity contribution in [3.05, 3.63) is 70.3 Å². The summed E-state index contributed by atoms with van der Waals surface area (Å²) in [4.78, 5) is 10.2. The molecule has 0 saturated carbocycles. The van der Waals surface area contributed by atoms with Crippen molar-refractivity contribution in [2.45, 2.75) is 37.0 Å². The average Bonchev–Trinajstić information content (AvgIpc) is 2.72. The molecule has 2 aliphatic rings. The zero-order valence-electron chi connectivity index (χ0n) is 14.7. The van der Waals surface area contributed by atoms with Gasteiger partial charge in [-0.2, -0.15) is 0 Å². The Morgan fingerprint density at radius 3 is 2.39 bits per heavy atom. The lowest BCUT2D eigenvalue weighted by Gasteiger charge is -2.46. The molecule has 0 aliphatic carbocycles. The summed E-state index contributed by atoms with van der Waals surface area (Å²) in [5.41, 5.74) is 0.713. The van der Waals surface area contributed by atoms with Gasteiger partial charge in [-0.3, -0.25) is 10.1 Å². The van der Waals surface area contributed by atoms with E-state index in [4.69, 9.17) is 18.9 Å². The highest BCUT2D eigenvalue weighted by Gasteiger charge is 2.49. The van der Waals surface area contributed by atoms with Crippen LogP contribution in [0.1, 0.15) is 11.9 Å². The molecule has 0 bridgehead atoms. The van der Waals surface area contributed by atoms with Crippen LogP contribution in [0.15, 0.2) is 54.6 Å². The second-order valence-electron chi connectivity index (χ2n) is 6.57. The van der Waals surface area contributed by atoms with E-state index in [2.05, 4.69) is 0 Å². The molecule has 2 aromatic carbocycles. The molecule has 2 fully saturated rings. The van der Waals surface area contributed by atoms with Crippen molar-refractivity contribution in [1.29, 1.82) is 0 Å². The largest absolute Gasteiger partial charge is 0.462 e. The average molecular weight is 389 g/mol. The Bertz CT molecular complexity index is 812. The lowest BCUT2D eigenvalue weighted by molar-refractivity contribution is -0.384. The molecule has 2 aliphatic heterocycles. The van der Waals surface area contributed by atoms with Gasteiger partial charge in [0.15, 0.2) is 6.29 Å². The van der Waals surface area contributed by atoms with Crippen molar-refractivity contribution in [3.8, 4) is 5.75 Å². The van der Waals surface area contributed by atoms with E-state index < -0.39 is 41.9 Å². The number of aliphatic hydroxyl groups excluding tert-OH is 2. The lowest BCUT2D eigenvalue weighted by Crippen LogP contribution is -2.62. The third kappa shape index (κ3) is 3.71. The molecule has 2 heterocycles. The second-order valence-corrected chi connectivity index (χ2v) is 6.57. The van der Waals surface area contributed by atoms with E-state index in [0.717, 1.165) is 5.56 Å². The Hall–Kier alpha value is -2.56. The molecular weight excluding hydrogens is 370 g/mol. The minimum Gasteiger partial charge on any atom is -0.462 e. The highest BCUT2D eigenvalue weighted by atomic mass is 16.8. The first-order chi connectivity index (χ1) is 13.5. The number of rotatable bonds is 4. The van der Waals surface area contributed by atoms with E-state index in [0.29, 0.717) is 0 Å². The van der Waals surface area contributed by atoms with Gasteiger partial charge in [0.2, 0.25) is 6.29 Å². The van der Waals surface area contributed by atoms with E-state index in [9.17, 15) is 20.3 Å². The van der Waals surface area contributed by atoms with Crippen LogP contribution in [-0.2, 0) is 14.2 Å². The minimum absolute atomic E-state index is 0.0846. The van der Waals surface area contributed by atoms with Crippen molar-refractivity contribution in [1.82, 2.24) is 0 Å². The molecule has 2 N–H and O–H groups in total. The van der Waals surface area contributed by atoms with Gasteiger partial charge in [-0.05, 0) is 12.1 Å². The van der Waals surface area contributed by atoms with Crippen LogP contribution >= 0.6 is 0 Å². The van der Waals surface area contributed by atoms with Gasteiger partial charge < -0.3 is 29.2 Å². The number of benzene rings is 2. The highest BCUT2D eigenvalue weighted by Crippen LogP contribution is 2.34. The molecule has 0 amide bonds.